The van der Waals surface area contributed by atoms with E-state index in [1.807, 2.05) is 0 Å². The third kappa shape index (κ3) is 11.0. The number of hydrogen-bond acceptors (Lipinski definition) is 2. The molecule has 2 aliphatic rings. The van der Waals surface area contributed by atoms with Crippen molar-refractivity contribution in [2.75, 3.05) is 0 Å². The summed E-state index contributed by atoms with van der Waals surface area (Å²) in [5.74, 6) is 0. The summed E-state index contributed by atoms with van der Waals surface area (Å²) in [6.07, 6.45) is 11.8. The first-order valence-electron chi connectivity index (χ1n) is 10.4. The molecular weight excluding hydrogens is 511 g/mol. The fraction of sp³-hybridized carbons (Fsp3) is 0.640. The van der Waals surface area contributed by atoms with Crippen LogP contribution in [-0.2, 0) is 21.0 Å². The van der Waals surface area contributed by atoms with E-state index in [9.17, 15) is 0 Å². The summed E-state index contributed by atoms with van der Waals surface area (Å²) in [5.41, 5.74) is 3.60. The Hall–Kier alpha value is -0.380. The molecule has 0 bridgehead atoms. The molecule has 0 heterocycles. The second kappa shape index (κ2) is 11.7. The summed E-state index contributed by atoms with van der Waals surface area (Å²) in [7, 11) is 0. The standard InChI is InChI=1S/2C9H13.2C3H8O.CH2.Hf/c2*1-9(2,3)8-6-4-5-7-8;2*1-3(2)4;;/h2*6-7H,4H2,1-3H3;2*3-4H,1-2H3;1H2;. The molecule has 3 heteroatoms. The number of aliphatic hydroxyl groups is 2. The van der Waals surface area contributed by atoms with Gasteiger partial charge in [0, 0.05) is 12.2 Å². The van der Waals surface area contributed by atoms with E-state index in [1.54, 1.807) is 34.4 Å². The molecule has 2 rings (SSSR count). The maximum absolute atomic E-state index is 8.06. The van der Waals surface area contributed by atoms with Crippen molar-refractivity contribution in [1.29, 1.82) is 0 Å². The van der Waals surface area contributed by atoms with E-state index in [-0.39, 0.29) is 23.0 Å². The Bertz CT molecular complexity index is 584. The number of hydrogen-bond donors (Lipinski definition) is 2. The molecular formula is C25H44HfO2. The molecule has 2 aliphatic carbocycles. The van der Waals surface area contributed by atoms with Gasteiger partial charge in [0.2, 0.25) is 0 Å². The molecule has 0 aromatic carbocycles. The van der Waals surface area contributed by atoms with Gasteiger partial charge >= 0.3 is 133 Å². The maximum atomic E-state index is 8.06. The monoisotopic (exact) mass is 556 g/mol. The van der Waals surface area contributed by atoms with Crippen LogP contribution in [0.4, 0.5) is 0 Å². The summed E-state index contributed by atoms with van der Waals surface area (Å²) in [6.45, 7) is 20.7. The van der Waals surface area contributed by atoms with Crippen molar-refractivity contribution in [3.63, 3.8) is 0 Å². The minimum absolute atomic E-state index is 0.167. The van der Waals surface area contributed by atoms with E-state index < -0.39 is 21.0 Å². The predicted octanol–water partition coefficient (Wildman–Crippen LogP) is 6.33. The second-order valence-electron chi connectivity index (χ2n) is 10.2. The third-order valence-electron chi connectivity index (χ3n) is 4.25. The molecule has 0 aromatic heterocycles. The van der Waals surface area contributed by atoms with Crippen LogP contribution in [0.15, 0.2) is 42.1 Å². The van der Waals surface area contributed by atoms with Gasteiger partial charge in [-0.15, -0.1) is 0 Å². The van der Waals surface area contributed by atoms with Crippen LogP contribution in [-0.4, -0.2) is 26.7 Å². The molecule has 2 nitrogen and oxygen atoms in total. The van der Waals surface area contributed by atoms with Crippen molar-refractivity contribution in [3.05, 3.63) is 42.1 Å². The predicted molar refractivity (Wildman–Crippen MR) is 122 cm³/mol. The van der Waals surface area contributed by atoms with Gasteiger partial charge in [0.1, 0.15) is 0 Å². The van der Waals surface area contributed by atoms with Gasteiger partial charge in [-0.3, -0.25) is 0 Å². The topological polar surface area (TPSA) is 40.5 Å². The van der Waals surface area contributed by atoms with Crippen molar-refractivity contribution in [2.24, 2.45) is 10.8 Å². The first-order valence-corrected chi connectivity index (χ1v) is 16.6. The zero-order valence-corrected chi connectivity index (χ0v) is 23.6. The van der Waals surface area contributed by atoms with Gasteiger partial charge in [-0.2, -0.15) is 0 Å². The molecule has 28 heavy (non-hydrogen) atoms. The number of aliphatic hydroxyl groups excluding tert-OH is 2. The van der Waals surface area contributed by atoms with Gasteiger partial charge in [-0.25, -0.2) is 0 Å². The average molecular weight is 555 g/mol. The van der Waals surface area contributed by atoms with E-state index in [4.69, 9.17) is 10.2 Å². The van der Waals surface area contributed by atoms with Gasteiger partial charge in [0.05, 0.1) is 0 Å². The Morgan fingerprint density at radius 1 is 0.750 bits per heavy atom. The summed E-state index contributed by atoms with van der Waals surface area (Å²) in [5, 5.41) is 16.1. The molecule has 0 fully saturated rings. The molecule has 0 saturated carbocycles. The fourth-order valence-electron chi connectivity index (χ4n) is 2.72. The van der Waals surface area contributed by atoms with E-state index in [0.29, 0.717) is 0 Å². The van der Waals surface area contributed by atoms with Gasteiger partial charge in [0.25, 0.3) is 0 Å². The third-order valence-corrected chi connectivity index (χ3v) is 12.3. The van der Waals surface area contributed by atoms with Crippen molar-refractivity contribution < 1.29 is 31.2 Å². The Kier molecular flexibility index (Phi) is 11.6. The van der Waals surface area contributed by atoms with E-state index >= 15 is 0 Å². The van der Waals surface area contributed by atoms with Crippen LogP contribution in [0.1, 0.15) is 82.1 Å². The van der Waals surface area contributed by atoms with E-state index in [2.05, 4.69) is 70.1 Å². The Morgan fingerprint density at radius 2 is 1.00 bits per heavy atom. The summed E-state index contributed by atoms with van der Waals surface area (Å²) < 4.78 is 8.02. The van der Waals surface area contributed by atoms with Gasteiger partial charge < -0.3 is 10.2 Å². The van der Waals surface area contributed by atoms with Crippen molar-refractivity contribution >= 4 is 4.26 Å². The van der Waals surface area contributed by atoms with Gasteiger partial charge in [-0.05, 0) is 27.7 Å². The molecule has 0 spiro atoms. The van der Waals surface area contributed by atoms with Crippen LogP contribution in [0.3, 0.4) is 0 Å². The van der Waals surface area contributed by atoms with Crippen molar-refractivity contribution in [2.45, 2.75) is 94.3 Å². The molecule has 0 saturated heterocycles. The zero-order valence-electron chi connectivity index (χ0n) is 20.0. The molecule has 0 unspecified atom stereocenters. The Labute approximate surface area is 182 Å². The Morgan fingerprint density at radius 3 is 1.18 bits per heavy atom. The van der Waals surface area contributed by atoms with Crippen LogP contribution >= 0.6 is 0 Å². The fourth-order valence-corrected chi connectivity index (χ4v) is 9.08. The first kappa shape index (κ1) is 27.6. The second-order valence-corrected chi connectivity index (χ2v) is 18.3. The van der Waals surface area contributed by atoms with Crippen LogP contribution in [0.2, 0.25) is 0 Å². The first-order chi connectivity index (χ1) is 12.6. The summed E-state index contributed by atoms with van der Waals surface area (Å²) >= 11 is -1.96. The zero-order chi connectivity index (χ0) is 22.3. The molecule has 160 valence electrons. The molecule has 0 atom stereocenters. The molecule has 0 aliphatic heterocycles. The van der Waals surface area contributed by atoms with Crippen molar-refractivity contribution in [3.8, 4) is 0 Å². The SMILES string of the molecule is CC(C)O.CC(C)O.[CH2]=[Hf]([C]1=CC(C(C)(C)C)=CC1)[C]1=CC(C(C)(C)C)=CC1. The van der Waals surface area contributed by atoms with E-state index in [0.717, 1.165) is 0 Å². The quantitative estimate of drug-likeness (QED) is 0.392. The molecule has 0 radical (unpaired) electrons. The minimum atomic E-state index is -1.96. The number of allylic oxidation sites excluding steroid dienone is 8. The van der Waals surface area contributed by atoms with Gasteiger partial charge in [-0.1, -0.05) is 0 Å². The normalized spacial score (nSPS) is 16.5. The summed E-state index contributed by atoms with van der Waals surface area (Å²) in [6, 6.07) is 0. The Balaban J connectivity index is 0.000000776. The van der Waals surface area contributed by atoms with Crippen LogP contribution in [0.5, 0.6) is 0 Å². The van der Waals surface area contributed by atoms with Crippen LogP contribution in [0, 0.1) is 10.8 Å². The number of rotatable bonds is 2. The molecule has 2 N–H and O–H groups in total. The molecule has 0 amide bonds. The average Bonchev–Trinajstić information content (AvgIpc) is 3.14. The summed E-state index contributed by atoms with van der Waals surface area (Å²) in [4.78, 5) is 0. The van der Waals surface area contributed by atoms with Crippen LogP contribution in [0.25, 0.3) is 0 Å². The van der Waals surface area contributed by atoms with E-state index in [1.165, 1.54) is 24.0 Å². The molecule has 0 aromatic rings. The van der Waals surface area contributed by atoms with Crippen molar-refractivity contribution in [1.82, 2.24) is 0 Å². The van der Waals surface area contributed by atoms with Gasteiger partial charge in [0.15, 0.2) is 0 Å². The van der Waals surface area contributed by atoms with Crippen LogP contribution < -0.4 is 0 Å².